The maximum Gasteiger partial charge on any atom is 0.223 e. The Labute approximate surface area is 196 Å². The van der Waals surface area contributed by atoms with Crippen molar-refractivity contribution in [3.05, 3.63) is 107 Å². The Balaban J connectivity index is 1.43. The molecule has 0 saturated carbocycles. The van der Waals surface area contributed by atoms with Gasteiger partial charge in [0, 0.05) is 19.0 Å². The van der Waals surface area contributed by atoms with Crippen LogP contribution < -0.4 is 5.32 Å². The van der Waals surface area contributed by atoms with Gasteiger partial charge in [-0.3, -0.25) is 4.79 Å². The van der Waals surface area contributed by atoms with Crippen LogP contribution in [0.3, 0.4) is 0 Å². The van der Waals surface area contributed by atoms with Crippen LogP contribution in [0, 0.1) is 12.8 Å². The molecule has 0 unspecified atom stereocenters. The molecule has 1 atom stereocenters. The maximum atomic E-state index is 13.2. The summed E-state index contributed by atoms with van der Waals surface area (Å²) in [5.41, 5.74) is 4.00. The third kappa shape index (κ3) is 5.70. The van der Waals surface area contributed by atoms with Crippen molar-refractivity contribution in [2.24, 2.45) is 5.92 Å². The van der Waals surface area contributed by atoms with Crippen LogP contribution in [0.25, 0.3) is 0 Å². The van der Waals surface area contributed by atoms with Crippen LogP contribution in [0.4, 0.5) is 0 Å². The zero-order valence-electron chi connectivity index (χ0n) is 18.9. The quantitative estimate of drug-likeness (QED) is 0.564. The largest absolute Gasteiger partial charge is 0.345 e. The number of nitrogens with zero attached hydrogens (tertiary/aromatic N) is 1. The van der Waals surface area contributed by atoms with Crippen molar-refractivity contribution < 1.29 is 13.2 Å². The SMILES string of the molecule is Cc1ccccc1[C@H](NC(=O)C1CCN(S(=O)(=O)Cc2ccccc2)CC1)c1ccccc1. The van der Waals surface area contributed by atoms with Gasteiger partial charge in [0.15, 0.2) is 0 Å². The highest BCUT2D eigenvalue weighted by Gasteiger charge is 2.32. The summed E-state index contributed by atoms with van der Waals surface area (Å²) >= 11 is 0. The Morgan fingerprint density at radius 3 is 2.12 bits per heavy atom. The number of carbonyl (C=O) groups excluding carboxylic acids is 1. The third-order valence-electron chi connectivity index (χ3n) is 6.33. The Morgan fingerprint density at radius 2 is 1.48 bits per heavy atom. The van der Waals surface area contributed by atoms with E-state index in [-0.39, 0.29) is 23.6 Å². The summed E-state index contributed by atoms with van der Waals surface area (Å²) < 4.78 is 27.2. The average molecular weight is 463 g/mol. The van der Waals surface area contributed by atoms with E-state index in [0.29, 0.717) is 25.9 Å². The maximum absolute atomic E-state index is 13.2. The smallest absolute Gasteiger partial charge is 0.223 e. The van der Waals surface area contributed by atoms with Crippen molar-refractivity contribution in [2.75, 3.05) is 13.1 Å². The fraction of sp³-hybridized carbons (Fsp3) is 0.296. The second-order valence-corrected chi connectivity index (χ2v) is 10.6. The van der Waals surface area contributed by atoms with E-state index < -0.39 is 10.0 Å². The lowest BCUT2D eigenvalue weighted by Gasteiger charge is -2.32. The number of rotatable bonds is 7. The van der Waals surface area contributed by atoms with Crippen LogP contribution in [0.2, 0.25) is 0 Å². The Hall–Kier alpha value is -2.96. The lowest BCUT2D eigenvalue weighted by Crippen LogP contribution is -2.44. The second-order valence-electron chi connectivity index (χ2n) is 8.62. The van der Waals surface area contributed by atoms with E-state index in [1.165, 1.54) is 4.31 Å². The van der Waals surface area contributed by atoms with Gasteiger partial charge in [0.2, 0.25) is 15.9 Å². The molecule has 0 bridgehead atoms. The average Bonchev–Trinajstić information content (AvgIpc) is 2.84. The Bertz CT molecular complexity index is 1170. The lowest BCUT2D eigenvalue weighted by atomic mass is 9.92. The lowest BCUT2D eigenvalue weighted by molar-refractivity contribution is -0.126. The van der Waals surface area contributed by atoms with E-state index >= 15 is 0 Å². The normalized spacial score (nSPS) is 16.3. The summed E-state index contributed by atoms with van der Waals surface area (Å²) in [5.74, 6) is -0.232. The number of aryl methyl sites for hydroxylation is 1. The van der Waals surface area contributed by atoms with Gasteiger partial charge in [-0.05, 0) is 42.0 Å². The van der Waals surface area contributed by atoms with Crippen molar-refractivity contribution in [3.8, 4) is 0 Å². The zero-order valence-corrected chi connectivity index (χ0v) is 19.7. The number of nitrogens with one attached hydrogen (secondary N) is 1. The third-order valence-corrected chi connectivity index (χ3v) is 8.18. The first-order chi connectivity index (χ1) is 15.9. The molecule has 1 saturated heterocycles. The van der Waals surface area contributed by atoms with Gasteiger partial charge in [0.05, 0.1) is 11.8 Å². The van der Waals surface area contributed by atoms with Crippen LogP contribution >= 0.6 is 0 Å². The van der Waals surface area contributed by atoms with Crippen molar-refractivity contribution in [1.29, 1.82) is 0 Å². The number of carbonyl (C=O) groups is 1. The van der Waals surface area contributed by atoms with Crippen LogP contribution in [0.5, 0.6) is 0 Å². The van der Waals surface area contributed by atoms with Gasteiger partial charge in [-0.1, -0.05) is 84.9 Å². The van der Waals surface area contributed by atoms with Gasteiger partial charge in [0.1, 0.15) is 0 Å². The fourth-order valence-corrected chi connectivity index (χ4v) is 5.99. The molecular weight excluding hydrogens is 432 g/mol. The number of amides is 1. The van der Waals surface area contributed by atoms with E-state index in [2.05, 4.69) is 5.32 Å². The number of piperidine rings is 1. The number of hydrogen-bond acceptors (Lipinski definition) is 3. The molecule has 172 valence electrons. The Kier molecular flexibility index (Phi) is 7.26. The van der Waals surface area contributed by atoms with E-state index in [1.807, 2.05) is 91.9 Å². The molecule has 1 fully saturated rings. The fourth-order valence-electron chi connectivity index (χ4n) is 4.43. The molecule has 0 aliphatic carbocycles. The molecule has 0 radical (unpaired) electrons. The summed E-state index contributed by atoms with van der Waals surface area (Å²) in [6.07, 6.45) is 1.05. The molecule has 1 N–H and O–H groups in total. The molecule has 3 aromatic rings. The second kappa shape index (κ2) is 10.3. The van der Waals surface area contributed by atoms with Crippen LogP contribution in [-0.2, 0) is 20.6 Å². The molecule has 1 aliphatic heterocycles. The molecule has 0 spiro atoms. The molecule has 1 aliphatic rings. The van der Waals surface area contributed by atoms with Crippen molar-refractivity contribution in [2.45, 2.75) is 31.6 Å². The monoisotopic (exact) mass is 462 g/mol. The van der Waals surface area contributed by atoms with Crippen molar-refractivity contribution in [3.63, 3.8) is 0 Å². The molecular formula is C27H30N2O3S. The van der Waals surface area contributed by atoms with Gasteiger partial charge in [-0.15, -0.1) is 0 Å². The van der Waals surface area contributed by atoms with Crippen LogP contribution in [0.1, 0.15) is 41.1 Å². The molecule has 3 aromatic carbocycles. The van der Waals surface area contributed by atoms with Crippen molar-refractivity contribution >= 4 is 15.9 Å². The summed E-state index contributed by atoms with van der Waals surface area (Å²) in [6, 6.07) is 27.0. The predicted octanol–water partition coefficient (Wildman–Crippen LogP) is 4.44. The minimum Gasteiger partial charge on any atom is -0.345 e. The van der Waals surface area contributed by atoms with Crippen molar-refractivity contribution in [1.82, 2.24) is 9.62 Å². The minimum absolute atomic E-state index is 0.00588. The van der Waals surface area contributed by atoms with E-state index in [1.54, 1.807) is 0 Å². The number of hydrogen-bond donors (Lipinski definition) is 1. The number of sulfonamides is 1. The molecule has 5 nitrogen and oxygen atoms in total. The first kappa shape index (κ1) is 23.2. The highest BCUT2D eigenvalue weighted by molar-refractivity contribution is 7.88. The summed E-state index contributed by atoms with van der Waals surface area (Å²) in [5, 5.41) is 3.25. The summed E-state index contributed by atoms with van der Waals surface area (Å²) in [7, 11) is -3.40. The first-order valence-corrected chi connectivity index (χ1v) is 13.0. The summed E-state index contributed by atoms with van der Waals surface area (Å²) in [6.45, 7) is 2.79. The van der Waals surface area contributed by atoms with E-state index in [0.717, 1.165) is 22.3 Å². The molecule has 33 heavy (non-hydrogen) atoms. The van der Waals surface area contributed by atoms with Gasteiger partial charge in [-0.25, -0.2) is 12.7 Å². The van der Waals surface area contributed by atoms with Gasteiger partial charge >= 0.3 is 0 Å². The standard InChI is InChI=1S/C27H30N2O3S/c1-21-10-8-9-15-25(21)26(23-13-6-3-7-14-23)28-27(30)24-16-18-29(19-17-24)33(31,32)20-22-11-4-2-5-12-22/h2-15,24,26H,16-20H2,1H3,(H,28,30)/t26-/m1/s1. The number of benzene rings is 3. The molecule has 6 heteroatoms. The minimum atomic E-state index is -3.40. The molecule has 0 aromatic heterocycles. The van der Waals surface area contributed by atoms with Gasteiger partial charge < -0.3 is 5.32 Å². The summed E-state index contributed by atoms with van der Waals surface area (Å²) in [4.78, 5) is 13.2. The zero-order chi connectivity index (χ0) is 23.3. The molecule has 1 heterocycles. The van der Waals surface area contributed by atoms with E-state index in [9.17, 15) is 13.2 Å². The van der Waals surface area contributed by atoms with E-state index in [4.69, 9.17) is 0 Å². The predicted molar refractivity (Wildman–Crippen MR) is 131 cm³/mol. The van der Waals surface area contributed by atoms with Crippen LogP contribution in [0.15, 0.2) is 84.9 Å². The highest BCUT2D eigenvalue weighted by Crippen LogP contribution is 2.27. The van der Waals surface area contributed by atoms with Gasteiger partial charge in [0.25, 0.3) is 0 Å². The molecule has 1 amide bonds. The first-order valence-electron chi connectivity index (χ1n) is 11.4. The highest BCUT2D eigenvalue weighted by atomic mass is 32.2. The van der Waals surface area contributed by atoms with Crippen LogP contribution in [-0.4, -0.2) is 31.7 Å². The molecule has 4 rings (SSSR count). The topological polar surface area (TPSA) is 66.5 Å². The Morgan fingerprint density at radius 1 is 0.909 bits per heavy atom. The van der Waals surface area contributed by atoms with Gasteiger partial charge in [-0.2, -0.15) is 0 Å².